The smallest absolute Gasteiger partial charge is 0.151 e. The van der Waals surface area contributed by atoms with Gasteiger partial charge in [-0.05, 0) is 55.3 Å². The molecule has 0 bridgehead atoms. The zero-order valence-corrected chi connectivity index (χ0v) is 12.6. The van der Waals surface area contributed by atoms with Gasteiger partial charge in [0.25, 0.3) is 0 Å². The van der Waals surface area contributed by atoms with E-state index in [9.17, 15) is 4.79 Å². The highest BCUT2D eigenvalue weighted by Crippen LogP contribution is 2.32. The van der Waals surface area contributed by atoms with E-state index in [4.69, 9.17) is 0 Å². The topological polar surface area (TPSA) is 17.1 Å². The van der Waals surface area contributed by atoms with Gasteiger partial charge in [-0.15, -0.1) is 0 Å². The van der Waals surface area contributed by atoms with Crippen LogP contribution in [0.1, 0.15) is 21.5 Å². The number of carbonyl (C=O) groups excluding carboxylic acids is 1. The number of carbonyl (C=O) groups is 1. The number of rotatable bonds is 3. The van der Waals surface area contributed by atoms with Crippen molar-refractivity contribution in [2.75, 3.05) is 0 Å². The average molecular weight is 321 g/mol. The molecule has 0 fully saturated rings. The van der Waals surface area contributed by atoms with Gasteiger partial charge < -0.3 is 0 Å². The van der Waals surface area contributed by atoms with Gasteiger partial charge in [-0.2, -0.15) is 0 Å². The summed E-state index contributed by atoms with van der Waals surface area (Å²) in [6.45, 7) is 4.20. The van der Waals surface area contributed by atoms with Crippen LogP contribution in [0.5, 0.6) is 0 Å². The van der Waals surface area contributed by atoms with Crippen molar-refractivity contribution >= 4 is 34.0 Å². The maximum Gasteiger partial charge on any atom is 0.151 e. The molecule has 2 aromatic rings. The second kappa shape index (κ2) is 5.72. The van der Waals surface area contributed by atoms with Crippen LogP contribution in [-0.2, 0) is 0 Å². The quantitative estimate of drug-likeness (QED) is 0.738. The second-order valence-electron chi connectivity index (χ2n) is 4.15. The number of aldehydes is 1. The van der Waals surface area contributed by atoms with Crippen molar-refractivity contribution in [3.05, 3.63) is 57.6 Å². The van der Waals surface area contributed by atoms with E-state index < -0.39 is 0 Å². The van der Waals surface area contributed by atoms with Crippen molar-refractivity contribution in [2.45, 2.75) is 23.6 Å². The first kappa shape index (κ1) is 13.4. The van der Waals surface area contributed by atoms with Crippen molar-refractivity contribution in [3.63, 3.8) is 0 Å². The summed E-state index contributed by atoms with van der Waals surface area (Å²) in [7, 11) is 0. The summed E-state index contributed by atoms with van der Waals surface area (Å²) in [5.41, 5.74) is 3.27. The van der Waals surface area contributed by atoms with Crippen LogP contribution >= 0.6 is 27.7 Å². The minimum atomic E-state index is 0.724. The molecule has 0 saturated heterocycles. The summed E-state index contributed by atoms with van der Waals surface area (Å²) in [5, 5.41) is 0. The molecule has 0 radical (unpaired) electrons. The van der Waals surface area contributed by atoms with E-state index in [1.54, 1.807) is 11.8 Å². The molecule has 92 valence electrons. The Kier molecular flexibility index (Phi) is 4.25. The third-order valence-electron chi connectivity index (χ3n) is 2.81. The molecule has 0 aliphatic rings. The summed E-state index contributed by atoms with van der Waals surface area (Å²) in [5.74, 6) is 0. The first-order chi connectivity index (χ1) is 8.60. The number of hydrogen-bond acceptors (Lipinski definition) is 2. The lowest BCUT2D eigenvalue weighted by molar-refractivity contribution is 0.112. The Morgan fingerprint density at radius 3 is 2.50 bits per heavy atom. The van der Waals surface area contributed by atoms with Crippen LogP contribution in [0.4, 0.5) is 0 Å². The van der Waals surface area contributed by atoms with E-state index in [0.717, 1.165) is 26.1 Å². The number of benzene rings is 2. The lowest BCUT2D eigenvalue weighted by atomic mass is 10.1. The lowest BCUT2D eigenvalue weighted by Crippen LogP contribution is -1.86. The van der Waals surface area contributed by atoms with E-state index in [2.05, 4.69) is 48.0 Å². The molecule has 0 aliphatic heterocycles. The molecular formula is C15H13BrOS. The van der Waals surface area contributed by atoms with Crippen LogP contribution in [0, 0.1) is 13.8 Å². The standard InChI is InChI=1S/C15H13BrOS/c1-10-3-6-14(7-11(10)2)18-15-8-13(16)5-4-12(15)9-17/h3-9H,1-2H3. The van der Waals surface area contributed by atoms with E-state index in [1.165, 1.54) is 11.1 Å². The second-order valence-corrected chi connectivity index (χ2v) is 6.18. The van der Waals surface area contributed by atoms with Crippen molar-refractivity contribution < 1.29 is 4.79 Å². The Hall–Kier alpha value is -1.06. The molecule has 0 saturated carbocycles. The van der Waals surface area contributed by atoms with Gasteiger partial charge in [0.1, 0.15) is 0 Å². The van der Waals surface area contributed by atoms with Crippen LogP contribution in [0.3, 0.4) is 0 Å². The molecule has 0 aliphatic carbocycles. The normalized spacial score (nSPS) is 10.4. The molecule has 0 unspecified atom stereocenters. The first-order valence-corrected chi connectivity index (χ1v) is 7.21. The van der Waals surface area contributed by atoms with Crippen LogP contribution in [0.15, 0.2) is 50.7 Å². The number of aryl methyl sites for hydroxylation is 2. The molecule has 2 rings (SSSR count). The van der Waals surface area contributed by atoms with E-state index >= 15 is 0 Å². The van der Waals surface area contributed by atoms with E-state index in [1.807, 2.05) is 18.2 Å². The maximum atomic E-state index is 11.0. The lowest BCUT2D eigenvalue weighted by Gasteiger charge is -2.07. The summed E-state index contributed by atoms with van der Waals surface area (Å²) in [4.78, 5) is 13.1. The molecule has 0 N–H and O–H groups in total. The largest absolute Gasteiger partial charge is 0.298 e. The molecule has 0 atom stereocenters. The van der Waals surface area contributed by atoms with Crippen molar-refractivity contribution in [1.82, 2.24) is 0 Å². The highest BCUT2D eigenvalue weighted by molar-refractivity contribution is 9.10. The summed E-state index contributed by atoms with van der Waals surface area (Å²) in [6.07, 6.45) is 0.899. The summed E-state index contributed by atoms with van der Waals surface area (Å²) in [6, 6.07) is 12.0. The molecule has 18 heavy (non-hydrogen) atoms. The molecule has 2 aromatic carbocycles. The Morgan fingerprint density at radius 2 is 1.83 bits per heavy atom. The minimum Gasteiger partial charge on any atom is -0.298 e. The highest BCUT2D eigenvalue weighted by atomic mass is 79.9. The van der Waals surface area contributed by atoms with Crippen LogP contribution in [0.2, 0.25) is 0 Å². The van der Waals surface area contributed by atoms with Gasteiger partial charge in [-0.1, -0.05) is 33.8 Å². The Balaban J connectivity index is 2.35. The fourth-order valence-electron chi connectivity index (χ4n) is 1.60. The zero-order valence-electron chi connectivity index (χ0n) is 10.2. The van der Waals surface area contributed by atoms with E-state index in [-0.39, 0.29) is 0 Å². The van der Waals surface area contributed by atoms with Gasteiger partial charge in [0.2, 0.25) is 0 Å². The van der Waals surface area contributed by atoms with Gasteiger partial charge in [0.15, 0.2) is 6.29 Å². The first-order valence-electron chi connectivity index (χ1n) is 5.60. The SMILES string of the molecule is Cc1ccc(Sc2cc(Br)ccc2C=O)cc1C. The molecule has 0 heterocycles. The highest BCUT2D eigenvalue weighted by Gasteiger charge is 2.05. The van der Waals surface area contributed by atoms with Gasteiger partial charge in [0.05, 0.1) is 0 Å². The molecular weight excluding hydrogens is 308 g/mol. The third kappa shape index (κ3) is 3.03. The van der Waals surface area contributed by atoms with Crippen molar-refractivity contribution in [3.8, 4) is 0 Å². The Labute approximate surface area is 120 Å². The van der Waals surface area contributed by atoms with Gasteiger partial charge in [0, 0.05) is 19.8 Å². The number of hydrogen-bond donors (Lipinski definition) is 0. The minimum absolute atomic E-state index is 0.724. The summed E-state index contributed by atoms with van der Waals surface area (Å²) >= 11 is 5.05. The predicted octanol–water partition coefficient (Wildman–Crippen LogP) is 5.03. The van der Waals surface area contributed by atoms with Crippen molar-refractivity contribution in [1.29, 1.82) is 0 Å². The molecule has 0 amide bonds. The molecule has 1 nitrogen and oxygen atoms in total. The molecule has 0 spiro atoms. The molecule has 0 aromatic heterocycles. The third-order valence-corrected chi connectivity index (χ3v) is 4.37. The van der Waals surface area contributed by atoms with Gasteiger partial charge >= 0.3 is 0 Å². The van der Waals surface area contributed by atoms with Crippen molar-refractivity contribution in [2.24, 2.45) is 0 Å². The Bertz CT molecular complexity index is 593. The van der Waals surface area contributed by atoms with Crippen LogP contribution in [0.25, 0.3) is 0 Å². The maximum absolute atomic E-state index is 11.0. The molecule has 3 heteroatoms. The van der Waals surface area contributed by atoms with Crippen LogP contribution in [-0.4, -0.2) is 6.29 Å². The van der Waals surface area contributed by atoms with E-state index in [0.29, 0.717) is 0 Å². The monoisotopic (exact) mass is 320 g/mol. The predicted molar refractivity (Wildman–Crippen MR) is 79.6 cm³/mol. The summed E-state index contributed by atoms with van der Waals surface area (Å²) < 4.78 is 0.986. The number of halogens is 1. The van der Waals surface area contributed by atoms with Gasteiger partial charge in [-0.3, -0.25) is 4.79 Å². The Morgan fingerprint density at radius 1 is 1.06 bits per heavy atom. The van der Waals surface area contributed by atoms with Crippen LogP contribution < -0.4 is 0 Å². The van der Waals surface area contributed by atoms with Gasteiger partial charge in [-0.25, -0.2) is 0 Å². The fourth-order valence-corrected chi connectivity index (χ4v) is 3.16. The fraction of sp³-hybridized carbons (Fsp3) is 0.133. The average Bonchev–Trinajstić information content (AvgIpc) is 2.34. The zero-order chi connectivity index (χ0) is 13.1.